The van der Waals surface area contributed by atoms with Crippen molar-refractivity contribution in [1.82, 2.24) is 56.5 Å². The van der Waals surface area contributed by atoms with Crippen molar-refractivity contribution in [3.63, 3.8) is 0 Å². The van der Waals surface area contributed by atoms with Crippen LogP contribution in [0.1, 0.15) is 99.9 Å². The lowest BCUT2D eigenvalue weighted by atomic mass is 9.80. The molecule has 20 aromatic carbocycles. The van der Waals surface area contributed by atoms with Crippen LogP contribution in [0.3, 0.4) is 0 Å². The Morgan fingerprint density at radius 3 is 0.912 bits per heavy atom. The van der Waals surface area contributed by atoms with Crippen LogP contribution in [-0.4, -0.2) is 56.5 Å². The van der Waals surface area contributed by atoms with Gasteiger partial charge in [-0.15, -0.1) is 0 Å². The third-order valence-corrected chi connectivity index (χ3v) is 32.5. The molecule has 8 aromatic heterocycles. The fraction of sp³-hybridized carbons (Fsp3) is 0.0882. The Labute approximate surface area is 855 Å². The van der Waals surface area contributed by atoms with Gasteiger partial charge in [0.25, 0.3) is 0 Å². The molecule has 32 rings (SSSR count). The lowest BCUT2D eigenvalue weighted by molar-refractivity contribution is 0.660. The molecule has 12 heteroatoms. The molecular formula is C136H100N12. The minimum absolute atomic E-state index is 0.0412. The highest BCUT2D eigenvalue weighted by Crippen LogP contribution is 2.59. The summed E-state index contributed by atoms with van der Waals surface area (Å²) in [6.45, 7) is 18.8. The van der Waals surface area contributed by atoms with Crippen LogP contribution in [0.25, 0.3) is 222 Å². The zero-order valence-corrected chi connectivity index (χ0v) is 83.2. The van der Waals surface area contributed by atoms with Gasteiger partial charge in [-0.2, -0.15) is 0 Å². The fourth-order valence-corrected chi connectivity index (χ4v) is 25.8. The lowest BCUT2D eigenvalue weighted by Gasteiger charge is -2.22. The maximum Gasteiger partial charge on any atom is 0.220 e. The van der Waals surface area contributed by atoms with Crippen molar-refractivity contribution in [3.05, 3.63) is 506 Å². The molecule has 0 aliphatic heterocycles. The first-order chi connectivity index (χ1) is 72.6. The Kier molecular flexibility index (Phi) is 18.9. The van der Waals surface area contributed by atoms with E-state index in [0.717, 1.165) is 90.7 Å². The first-order valence-corrected chi connectivity index (χ1v) is 51.4. The summed E-state index contributed by atoms with van der Waals surface area (Å²) in [6.07, 6.45) is 0. The lowest BCUT2D eigenvalue weighted by Crippen LogP contribution is -2.15. The van der Waals surface area contributed by atoms with Gasteiger partial charge in [-0.05, 0) is 229 Å². The van der Waals surface area contributed by atoms with Crippen molar-refractivity contribution in [2.45, 2.75) is 77.0 Å². The number of benzene rings is 20. The van der Waals surface area contributed by atoms with Crippen molar-refractivity contribution in [2.24, 2.45) is 0 Å². The van der Waals surface area contributed by atoms with Gasteiger partial charge in [0.2, 0.25) is 23.8 Å². The highest BCUT2D eigenvalue weighted by atomic mass is 15.3. The second-order valence-corrected chi connectivity index (χ2v) is 41.9. The number of fused-ring (bicyclic) bond motifs is 31. The molecule has 0 bridgehead atoms. The van der Waals surface area contributed by atoms with Crippen molar-refractivity contribution in [3.8, 4) is 91.1 Å². The van der Waals surface area contributed by atoms with E-state index in [0.29, 0.717) is 0 Å². The van der Waals surface area contributed by atoms with E-state index in [2.05, 4.69) is 553 Å². The number of rotatable bonds is 8. The van der Waals surface area contributed by atoms with Crippen molar-refractivity contribution in [2.75, 3.05) is 0 Å². The molecule has 0 N–H and O–H groups in total. The summed E-state index contributed by atoms with van der Waals surface area (Å²) in [5.74, 6) is 3.64. The van der Waals surface area contributed by atoms with E-state index >= 15 is 0 Å². The molecule has 0 radical (unpaired) electrons. The number of hydrogen-bond acceptors (Lipinski definition) is 4. The van der Waals surface area contributed by atoms with Gasteiger partial charge in [-0.3, -0.25) is 36.5 Å². The van der Waals surface area contributed by atoms with Crippen LogP contribution < -0.4 is 0 Å². The largest absolute Gasteiger partial charge is 0.279 e. The Bertz CT molecular complexity index is 10200. The molecule has 0 spiro atoms. The summed E-state index contributed by atoms with van der Waals surface area (Å²) in [4.78, 5) is 21.0. The van der Waals surface area contributed by atoms with Gasteiger partial charge in [0.05, 0.1) is 88.3 Å². The topological polar surface area (TPSA) is 91.0 Å². The first kappa shape index (κ1) is 86.2. The van der Waals surface area contributed by atoms with E-state index in [1.807, 2.05) is 0 Å². The zero-order chi connectivity index (χ0) is 98.9. The normalized spacial score (nSPS) is 13.9. The quantitative estimate of drug-likeness (QED) is 0.152. The first-order valence-electron chi connectivity index (χ1n) is 51.4. The van der Waals surface area contributed by atoms with Gasteiger partial charge < -0.3 is 0 Å². The monoisotopic (exact) mass is 1900 g/mol. The van der Waals surface area contributed by atoms with Gasteiger partial charge in [0.1, 0.15) is 0 Å². The van der Waals surface area contributed by atoms with Crippen molar-refractivity contribution >= 4 is 131 Å². The van der Waals surface area contributed by atoms with Crippen LogP contribution in [0, 0.1) is 0 Å². The molecule has 4 aliphatic rings. The van der Waals surface area contributed by atoms with Gasteiger partial charge in [-0.1, -0.05) is 371 Å². The number of nitrogens with zero attached hydrogens (tertiary/aromatic N) is 12. The Balaban J connectivity index is 0.0000000930. The molecule has 148 heavy (non-hydrogen) atoms. The fourth-order valence-electron chi connectivity index (χ4n) is 25.8. The summed E-state index contributed by atoms with van der Waals surface area (Å²) in [5, 5.41) is 10.2. The molecule has 0 fully saturated rings. The van der Waals surface area contributed by atoms with E-state index in [1.54, 1.807) is 0 Å². The van der Waals surface area contributed by atoms with E-state index in [9.17, 15) is 0 Å². The summed E-state index contributed by atoms with van der Waals surface area (Å²) in [6, 6.07) is 165. The highest BCUT2D eigenvalue weighted by Gasteiger charge is 2.43. The third kappa shape index (κ3) is 12.5. The van der Waals surface area contributed by atoms with Crippen molar-refractivity contribution < 1.29 is 0 Å². The molecule has 0 unspecified atom stereocenters. The molecule has 12 nitrogen and oxygen atoms in total. The van der Waals surface area contributed by atoms with Crippen LogP contribution in [0.15, 0.2) is 461 Å². The van der Waals surface area contributed by atoms with Crippen LogP contribution in [0.4, 0.5) is 0 Å². The van der Waals surface area contributed by atoms with E-state index in [-0.39, 0.29) is 21.7 Å². The average molecular weight is 1900 g/mol. The maximum absolute atomic E-state index is 5.28. The standard InChI is InChI=1S/4C34H25N3/c1-34(2)26-16-8-6-15-25(26)31-27(34)21-20-24-23-14-7-10-18-29(23)37(32(24)31)33-35-28-17-9-11-19-30(28)36(33)22-12-4-3-5-13-22;1-34(2)27-16-8-6-14-23(27)25-20-26-24-15-7-10-18-30(24)37(32(26)21-28(25)34)33-35-29-17-9-11-19-31(29)36(33)22-12-4-3-5-13-22;1-34(2)26-16-8-6-14-23(26)24-20-21-30-31(32(24)34)25-15-7-10-18-28(25)37(30)33-35-27-17-9-11-19-29(27)36(33)22-12-4-3-5-13-22;1-34(2)25-16-8-6-14-23(25)31-26(34)20-21-30-32(31)24-15-7-10-18-28(24)37(30)33-35-27-17-9-11-19-29(27)36(33)22-12-4-3-5-13-22/h4*3-21H,1-2H3. The number of aromatic nitrogens is 12. The summed E-state index contributed by atoms with van der Waals surface area (Å²) >= 11 is 0. The van der Waals surface area contributed by atoms with Gasteiger partial charge in [0, 0.05) is 93.1 Å². The second-order valence-electron chi connectivity index (χ2n) is 41.9. The van der Waals surface area contributed by atoms with Gasteiger partial charge in [-0.25, -0.2) is 19.9 Å². The van der Waals surface area contributed by atoms with Crippen LogP contribution in [0.5, 0.6) is 0 Å². The van der Waals surface area contributed by atoms with E-state index in [1.165, 1.54) is 176 Å². The molecule has 8 heterocycles. The third-order valence-electron chi connectivity index (χ3n) is 32.5. The Morgan fingerprint density at radius 2 is 0.459 bits per heavy atom. The Hall–Kier alpha value is -18.5. The highest BCUT2D eigenvalue weighted by molar-refractivity contribution is 6.20. The summed E-state index contributed by atoms with van der Waals surface area (Å²) < 4.78 is 18.6. The zero-order valence-electron chi connectivity index (χ0n) is 83.2. The van der Waals surface area contributed by atoms with Gasteiger partial charge >= 0.3 is 0 Å². The second kappa shape index (κ2) is 32.5. The minimum Gasteiger partial charge on any atom is -0.279 e. The summed E-state index contributed by atoms with van der Waals surface area (Å²) in [5.41, 5.74) is 43.7. The molecule has 4 aliphatic carbocycles. The Morgan fingerprint density at radius 1 is 0.162 bits per heavy atom. The maximum atomic E-state index is 5.28. The van der Waals surface area contributed by atoms with Crippen LogP contribution >= 0.6 is 0 Å². The molecule has 0 saturated heterocycles. The van der Waals surface area contributed by atoms with Crippen LogP contribution in [-0.2, 0) is 21.7 Å². The average Bonchev–Trinajstić information content (AvgIpc) is 1.54. The number of hydrogen-bond donors (Lipinski definition) is 0. The molecule has 28 aromatic rings. The van der Waals surface area contributed by atoms with E-state index < -0.39 is 0 Å². The summed E-state index contributed by atoms with van der Waals surface area (Å²) in [7, 11) is 0. The number of imidazole rings is 4. The predicted octanol–water partition coefficient (Wildman–Crippen LogP) is 33.7. The van der Waals surface area contributed by atoms with Gasteiger partial charge in [0.15, 0.2) is 0 Å². The minimum atomic E-state index is -0.0973. The molecular weight excluding hydrogens is 1800 g/mol. The SMILES string of the molecule is CC1(C)c2ccccc2-c2c1ccc1c2c2ccccc2n1-c1nc2ccccc2n1-c1ccccc1.CC1(C)c2ccccc2-c2c1ccc1c3ccccc3n(-c3nc4ccccc4n3-c3ccccc3)c21.CC1(C)c2ccccc2-c2cc3c4ccccc4n(-c4nc5ccccc5n4-c4ccccc4)c3cc21.CC1(C)c2ccccc2-c2ccc3c(c21)c1ccccc1n3-c1nc2ccccc2n1-c1ccccc1. The molecule has 0 atom stereocenters. The number of para-hydroxylation sites is 16. The smallest absolute Gasteiger partial charge is 0.220 e. The van der Waals surface area contributed by atoms with Crippen LogP contribution in [0.2, 0.25) is 0 Å². The molecule has 0 amide bonds. The molecule has 704 valence electrons. The van der Waals surface area contributed by atoms with E-state index in [4.69, 9.17) is 19.9 Å². The predicted molar refractivity (Wildman–Crippen MR) is 612 cm³/mol. The van der Waals surface area contributed by atoms with Crippen molar-refractivity contribution in [1.29, 1.82) is 0 Å². The molecule has 0 saturated carbocycles.